The molecule has 3 N–H and O–H groups in total. The fourth-order valence-electron chi connectivity index (χ4n) is 4.06. The van der Waals surface area contributed by atoms with Crippen LogP contribution in [0.15, 0.2) is 83.1 Å². The molecular formula is C30H29FN4O7. The van der Waals surface area contributed by atoms with E-state index in [0.717, 1.165) is 11.1 Å². The maximum Gasteiger partial charge on any atom is 0.337 e. The third kappa shape index (κ3) is 7.62. The smallest absolute Gasteiger partial charge is 0.337 e. The van der Waals surface area contributed by atoms with E-state index >= 15 is 0 Å². The number of allylic oxidation sites excluding steroid dienone is 1. The number of amides is 3. The minimum absolute atomic E-state index is 0.247. The van der Waals surface area contributed by atoms with Crippen molar-refractivity contribution in [2.45, 2.75) is 19.6 Å². The van der Waals surface area contributed by atoms with Gasteiger partial charge in [-0.3, -0.25) is 4.79 Å². The molecule has 0 aliphatic carbocycles. The van der Waals surface area contributed by atoms with E-state index in [-0.39, 0.29) is 23.7 Å². The van der Waals surface area contributed by atoms with E-state index in [1.807, 2.05) is 0 Å². The Labute approximate surface area is 241 Å². The molecular weight excluding hydrogens is 547 g/mol. The number of carbonyl (C=O) groups is 3. The topological polar surface area (TPSA) is 137 Å². The number of methoxy groups -OCH3 is 2. The summed E-state index contributed by atoms with van der Waals surface area (Å²) in [5.74, 6) is -0.201. The summed E-state index contributed by atoms with van der Waals surface area (Å²) >= 11 is 0. The van der Waals surface area contributed by atoms with Gasteiger partial charge in [0.15, 0.2) is 18.1 Å². The summed E-state index contributed by atoms with van der Waals surface area (Å²) in [7, 11) is 2.69. The number of hydrogen-bond donors (Lipinski definition) is 3. The Balaban J connectivity index is 1.30. The van der Waals surface area contributed by atoms with E-state index < -0.39 is 23.9 Å². The van der Waals surface area contributed by atoms with Crippen LogP contribution in [0, 0.1) is 5.82 Å². The summed E-state index contributed by atoms with van der Waals surface area (Å²) in [5.41, 5.74) is 5.13. The van der Waals surface area contributed by atoms with Gasteiger partial charge in [0.2, 0.25) is 0 Å². The van der Waals surface area contributed by atoms with Crippen LogP contribution in [0.1, 0.15) is 29.7 Å². The molecule has 3 amide bonds. The zero-order valence-corrected chi connectivity index (χ0v) is 23.1. The first-order chi connectivity index (χ1) is 20.3. The Morgan fingerprint density at radius 3 is 2.43 bits per heavy atom. The second-order valence-corrected chi connectivity index (χ2v) is 9.04. The van der Waals surface area contributed by atoms with Crippen LogP contribution in [-0.4, -0.2) is 44.9 Å². The first-order valence-corrected chi connectivity index (χ1v) is 12.7. The molecule has 3 aromatic carbocycles. The summed E-state index contributed by atoms with van der Waals surface area (Å²) in [6.07, 6.45) is 1.47. The molecule has 4 rings (SSSR count). The van der Waals surface area contributed by atoms with Crippen LogP contribution >= 0.6 is 0 Å². The Morgan fingerprint density at radius 1 is 1.00 bits per heavy atom. The van der Waals surface area contributed by atoms with Crippen LogP contribution in [-0.2, 0) is 20.9 Å². The lowest BCUT2D eigenvalue weighted by atomic mass is 9.95. The molecule has 1 atom stereocenters. The highest BCUT2D eigenvalue weighted by Gasteiger charge is 2.32. The van der Waals surface area contributed by atoms with E-state index in [9.17, 15) is 18.8 Å². The van der Waals surface area contributed by atoms with Crippen molar-refractivity contribution in [3.63, 3.8) is 0 Å². The highest BCUT2D eigenvalue weighted by molar-refractivity contribution is 5.95. The molecule has 11 nitrogen and oxygen atoms in total. The number of hydrogen-bond acceptors (Lipinski definition) is 8. The van der Waals surface area contributed by atoms with E-state index in [2.05, 4.69) is 21.2 Å². The molecule has 0 fully saturated rings. The molecule has 1 heterocycles. The van der Waals surface area contributed by atoms with Crippen molar-refractivity contribution >= 4 is 24.1 Å². The number of urea groups is 1. The van der Waals surface area contributed by atoms with Crippen LogP contribution in [0.3, 0.4) is 0 Å². The molecule has 0 unspecified atom stereocenters. The molecule has 3 aromatic rings. The lowest BCUT2D eigenvalue weighted by Gasteiger charge is -2.28. The summed E-state index contributed by atoms with van der Waals surface area (Å²) in [6, 6.07) is 16.7. The Kier molecular flexibility index (Phi) is 9.72. The molecule has 218 valence electrons. The number of nitrogens with zero attached hydrogens (tertiary/aromatic N) is 1. The van der Waals surface area contributed by atoms with Crippen LogP contribution in [0.5, 0.6) is 17.2 Å². The third-order valence-corrected chi connectivity index (χ3v) is 6.16. The number of ether oxygens (including phenoxy) is 4. The summed E-state index contributed by atoms with van der Waals surface area (Å²) in [4.78, 5) is 36.7. The highest BCUT2D eigenvalue weighted by atomic mass is 19.1. The summed E-state index contributed by atoms with van der Waals surface area (Å²) < 4.78 is 34.6. The second-order valence-electron chi connectivity index (χ2n) is 9.04. The molecule has 0 saturated carbocycles. The van der Waals surface area contributed by atoms with E-state index in [4.69, 9.17) is 18.9 Å². The lowest BCUT2D eigenvalue weighted by Crippen LogP contribution is -2.45. The lowest BCUT2D eigenvalue weighted by molar-refractivity contribution is -0.136. The summed E-state index contributed by atoms with van der Waals surface area (Å²) in [5, 5.41) is 9.20. The van der Waals surface area contributed by atoms with Crippen molar-refractivity contribution in [3.8, 4) is 17.2 Å². The maximum absolute atomic E-state index is 13.0. The largest absolute Gasteiger partial charge is 0.493 e. The van der Waals surface area contributed by atoms with Crippen LogP contribution < -0.4 is 30.3 Å². The number of carbonyl (C=O) groups excluding carboxylic acids is 3. The molecule has 12 heteroatoms. The van der Waals surface area contributed by atoms with Crippen LogP contribution in [0.4, 0.5) is 9.18 Å². The number of hydrazone groups is 1. The van der Waals surface area contributed by atoms with Crippen molar-refractivity contribution in [1.82, 2.24) is 16.1 Å². The standard InChI is InChI=1S/C30H29FN4O7/c1-18-27(29(37)40-3)28(34-30(38)33-18)21-8-13-24(25(14-21)39-2)42-17-26(36)35-32-15-19-6-11-23(12-7-19)41-16-20-4-9-22(31)10-5-20/h4-15,28H,16-17H2,1-3H3,(H,35,36)(H2,33,34,38)/b32-15-/t28-/m1/s1. The third-order valence-electron chi connectivity index (χ3n) is 6.16. The van der Waals surface area contributed by atoms with Crippen molar-refractivity contribution < 1.29 is 37.7 Å². The van der Waals surface area contributed by atoms with Gasteiger partial charge >= 0.3 is 12.0 Å². The van der Waals surface area contributed by atoms with Gasteiger partial charge < -0.3 is 29.6 Å². The number of benzene rings is 3. The van der Waals surface area contributed by atoms with E-state index in [1.54, 1.807) is 61.5 Å². The predicted molar refractivity (Wildman–Crippen MR) is 151 cm³/mol. The number of esters is 1. The van der Waals surface area contributed by atoms with Crippen LogP contribution in [0.2, 0.25) is 0 Å². The minimum Gasteiger partial charge on any atom is -0.493 e. The predicted octanol–water partition coefficient (Wildman–Crippen LogP) is 3.74. The van der Waals surface area contributed by atoms with Crippen molar-refractivity contribution in [2.24, 2.45) is 5.10 Å². The van der Waals surface area contributed by atoms with Gasteiger partial charge in [0.05, 0.1) is 32.0 Å². The van der Waals surface area contributed by atoms with Crippen molar-refractivity contribution in [2.75, 3.05) is 20.8 Å². The van der Waals surface area contributed by atoms with Gasteiger partial charge in [-0.05, 0) is 72.1 Å². The molecule has 42 heavy (non-hydrogen) atoms. The molecule has 1 aliphatic rings. The molecule has 1 aliphatic heterocycles. The zero-order chi connectivity index (χ0) is 30.1. The Morgan fingerprint density at radius 2 is 1.74 bits per heavy atom. The Hall–Kier alpha value is -5.39. The van der Waals surface area contributed by atoms with Gasteiger partial charge in [0.25, 0.3) is 5.91 Å². The average molecular weight is 577 g/mol. The van der Waals surface area contributed by atoms with Gasteiger partial charge in [-0.15, -0.1) is 0 Å². The average Bonchev–Trinajstić information content (AvgIpc) is 2.99. The fraction of sp³-hybridized carbons (Fsp3) is 0.200. The van der Waals surface area contributed by atoms with Crippen molar-refractivity contribution in [3.05, 3.63) is 101 Å². The van der Waals surface area contributed by atoms with Gasteiger partial charge in [-0.25, -0.2) is 19.4 Å². The molecule has 0 spiro atoms. The first-order valence-electron chi connectivity index (χ1n) is 12.7. The number of halogens is 1. The molecule has 0 radical (unpaired) electrons. The molecule has 0 bridgehead atoms. The van der Waals surface area contributed by atoms with Gasteiger partial charge in [0, 0.05) is 5.70 Å². The monoisotopic (exact) mass is 576 g/mol. The number of nitrogens with one attached hydrogen (secondary N) is 3. The molecule has 0 saturated heterocycles. The van der Waals surface area contributed by atoms with E-state index in [0.29, 0.717) is 29.4 Å². The van der Waals surface area contributed by atoms with Crippen LogP contribution in [0.25, 0.3) is 0 Å². The minimum atomic E-state index is -0.776. The fourth-order valence-corrected chi connectivity index (χ4v) is 4.06. The Bertz CT molecular complexity index is 1510. The van der Waals surface area contributed by atoms with Gasteiger partial charge in [-0.1, -0.05) is 18.2 Å². The highest BCUT2D eigenvalue weighted by Crippen LogP contribution is 2.34. The second kappa shape index (κ2) is 13.8. The van der Waals surface area contributed by atoms with Crippen molar-refractivity contribution in [1.29, 1.82) is 0 Å². The zero-order valence-electron chi connectivity index (χ0n) is 23.1. The van der Waals surface area contributed by atoms with E-state index in [1.165, 1.54) is 32.6 Å². The van der Waals surface area contributed by atoms with Gasteiger partial charge in [0.1, 0.15) is 18.2 Å². The number of rotatable bonds is 11. The normalized spacial score (nSPS) is 14.6. The first kappa shape index (κ1) is 29.6. The maximum atomic E-state index is 13.0. The molecule has 0 aromatic heterocycles. The van der Waals surface area contributed by atoms with Gasteiger partial charge in [-0.2, -0.15) is 5.10 Å². The summed E-state index contributed by atoms with van der Waals surface area (Å²) in [6.45, 7) is 1.56. The SMILES string of the molecule is COC(=O)C1=C(C)NC(=O)N[C@@H]1c1ccc(OCC(=O)N/N=C\c2ccc(OCc3ccc(F)cc3)cc2)c(OC)c1. The quantitative estimate of drug-likeness (QED) is 0.180.